The molecule has 8 nitrogen and oxygen atoms in total. The molecule has 8 heteroatoms. The van der Waals surface area contributed by atoms with Crippen LogP contribution in [0.4, 0.5) is 0 Å². The fraction of sp³-hybridized carbons (Fsp3) is 0.667. The molecule has 110 valence electrons. The van der Waals surface area contributed by atoms with Crippen LogP contribution in [0.2, 0.25) is 0 Å². The van der Waals surface area contributed by atoms with E-state index in [1.54, 1.807) is 13.8 Å². The molecule has 0 spiro atoms. The lowest BCUT2D eigenvalue weighted by atomic mass is 10.1. The molecule has 2 aliphatic rings. The molecule has 0 aliphatic carbocycles. The van der Waals surface area contributed by atoms with E-state index in [0.717, 1.165) is 0 Å². The molecular weight excluding hydrogens is 268 g/mol. The van der Waals surface area contributed by atoms with E-state index < -0.39 is 41.6 Å². The first-order chi connectivity index (χ1) is 9.41. The van der Waals surface area contributed by atoms with Crippen molar-refractivity contribution >= 4 is 0 Å². The summed E-state index contributed by atoms with van der Waals surface area (Å²) in [6.07, 6.45) is -0.962. The second kappa shape index (κ2) is 4.52. The van der Waals surface area contributed by atoms with Gasteiger partial charge in [-0.1, -0.05) is 0 Å². The van der Waals surface area contributed by atoms with Crippen LogP contribution in [0.3, 0.4) is 0 Å². The van der Waals surface area contributed by atoms with E-state index >= 15 is 0 Å². The molecule has 0 amide bonds. The third-order valence-electron chi connectivity index (χ3n) is 3.43. The molecular formula is C12H16N2O6. The number of aromatic amines is 1. The minimum Gasteiger partial charge on any atom is -0.394 e. The normalized spacial score (nSPS) is 35.1. The first-order valence-corrected chi connectivity index (χ1v) is 6.35. The van der Waals surface area contributed by atoms with Crippen molar-refractivity contribution in [3.05, 3.63) is 33.1 Å². The molecule has 3 heterocycles. The number of nitrogens with zero attached hydrogens (tertiary/aromatic N) is 1. The van der Waals surface area contributed by atoms with Crippen LogP contribution in [0.25, 0.3) is 0 Å². The van der Waals surface area contributed by atoms with Gasteiger partial charge in [0.15, 0.2) is 12.0 Å². The largest absolute Gasteiger partial charge is 0.394 e. The molecule has 4 atom stereocenters. The van der Waals surface area contributed by atoms with Gasteiger partial charge in [-0.25, -0.2) is 4.79 Å². The maximum absolute atomic E-state index is 11.8. The molecule has 0 bridgehead atoms. The summed E-state index contributed by atoms with van der Waals surface area (Å²) in [5, 5.41) is 9.36. The quantitative estimate of drug-likeness (QED) is 0.718. The molecule has 0 aromatic carbocycles. The number of aromatic nitrogens is 2. The van der Waals surface area contributed by atoms with E-state index in [-0.39, 0.29) is 6.61 Å². The van der Waals surface area contributed by atoms with Crippen molar-refractivity contribution in [2.24, 2.45) is 0 Å². The second-order valence-electron chi connectivity index (χ2n) is 5.33. The molecule has 2 aliphatic heterocycles. The summed E-state index contributed by atoms with van der Waals surface area (Å²) in [5.41, 5.74) is -1.07. The minimum atomic E-state index is -0.809. The Morgan fingerprint density at radius 3 is 2.70 bits per heavy atom. The van der Waals surface area contributed by atoms with Gasteiger partial charge in [0, 0.05) is 12.3 Å². The maximum atomic E-state index is 11.8. The van der Waals surface area contributed by atoms with Crippen LogP contribution in [-0.4, -0.2) is 45.4 Å². The number of fused-ring (bicyclic) bond motifs is 1. The number of rotatable bonds is 2. The highest BCUT2D eigenvalue weighted by Crippen LogP contribution is 2.42. The number of hydrogen-bond acceptors (Lipinski definition) is 6. The number of nitrogens with one attached hydrogen (secondary N) is 1. The Labute approximate surface area is 113 Å². The highest BCUT2D eigenvalue weighted by atomic mass is 16.8. The number of hydrogen-bond donors (Lipinski definition) is 2. The van der Waals surface area contributed by atoms with Crippen LogP contribution in [0.5, 0.6) is 0 Å². The maximum Gasteiger partial charge on any atom is 0.330 e. The lowest BCUT2D eigenvalue weighted by Crippen LogP contribution is -2.37. The number of ether oxygens (including phenoxy) is 3. The third kappa shape index (κ3) is 2.10. The standard InChI is InChI=1S/C12H16N2O6/c1-12(2)19-8-6(5-15)18-10(9(8)20-12)14-4-3-7(16)13-11(14)17/h3-4,6,8-10,15H,5H2,1-2H3,(H,13,16,17)/t6-,8+,9-,10-/m0/s1. The molecule has 3 rings (SSSR count). The molecule has 0 unspecified atom stereocenters. The van der Waals surface area contributed by atoms with E-state index in [9.17, 15) is 14.7 Å². The van der Waals surface area contributed by atoms with Crippen molar-refractivity contribution < 1.29 is 19.3 Å². The van der Waals surface area contributed by atoms with Crippen molar-refractivity contribution in [3.8, 4) is 0 Å². The second-order valence-corrected chi connectivity index (χ2v) is 5.33. The van der Waals surface area contributed by atoms with Gasteiger partial charge in [0.1, 0.15) is 18.3 Å². The van der Waals surface area contributed by atoms with E-state index in [0.29, 0.717) is 0 Å². The van der Waals surface area contributed by atoms with E-state index in [2.05, 4.69) is 4.98 Å². The topological polar surface area (TPSA) is 103 Å². The molecule has 2 N–H and O–H groups in total. The van der Waals surface area contributed by atoms with Crippen molar-refractivity contribution in [3.63, 3.8) is 0 Å². The molecule has 1 aromatic rings. The smallest absolute Gasteiger partial charge is 0.330 e. The van der Waals surface area contributed by atoms with E-state index in [4.69, 9.17) is 14.2 Å². The fourth-order valence-corrected chi connectivity index (χ4v) is 2.66. The Kier molecular flexibility index (Phi) is 3.05. The zero-order chi connectivity index (χ0) is 14.5. The number of H-pyrrole nitrogens is 1. The van der Waals surface area contributed by atoms with Crippen LogP contribution in [0.15, 0.2) is 21.9 Å². The first kappa shape index (κ1) is 13.5. The lowest BCUT2D eigenvalue weighted by Gasteiger charge is -2.24. The SMILES string of the molecule is CC1(C)O[C@H]2[C@H](O1)[C@@H](n1ccc(=O)[nH]c1=O)O[C@H]2CO. The summed E-state index contributed by atoms with van der Waals surface area (Å²) in [6.45, 7) is 3.27. The molecule has 0 radical (unpaired) electrons. The Morgan fingerprint density at radius 1 is 1.35 bits per heavy atom. The summed E-state index contributed by atoms with van der Waals surface area (Å²) >= 11 is 0. The van der Waals surface area contributed by atoms with Gasteiger partial charge in [-0.15, -0.1) is 0 Å². The molecule has 2 fully saturated rings. The number of aliphatic hydroxyl groups excluding tert-OH is 1. The number of aliphatic hydroxyl groups is 1. The molecule has 2 saturated heterocycles. The summed E-state index contributed by atoms with van der Waals surface area (Å²) in [7, 11) is 0. The Morgan fingerprint density at radius 2 is 2.05 bits per heavy atom. The van der Waals surface area contributed by atoms with Crippen LogP contribution < -0.4 is 11.2 Å². The van der Waals surface area contributed by atoms with Crippen molar-refractivity contribution in [2.45, 2.75) is 44.2 Å². The van der Waals surface area contributed by atoms with Crippen LogP contribution in [0, 0.1) is 0 Å². The highest BCUT2D eigenvalue weighted by molar-refractivity contribution is 4.98. The summed E-state index contributed by atoms with van der Waals surface area (Å²) in [6, 6.07) is 1.23. The van der Waals surface area contributed by atoms with Crippen LogP contribution in [-0.2, 0) is 14.2 Å². The Bertz CT molecular complexity index is 621. The summed E-state index contributed by atoms with van der Waals surface area (Å²) in [4.78, 5) is 25.1. The van der Waals surface area contributed by atoms with Crippen LogP contribution in [0.1, 0.15) is 20.1 Å². The van der Waals surface area contributed by atoms with Gasteiger partial charge < -0.3 is 19.3 Å². The highest BCUT2D eigenvalue weighted by Gasteiger charge is 2.55. The van der Waals surface area contributed by atoms with E-state index in [1.807, 2.05) is 0 Å². The molecule has 1 aromatic heterocycles. The summed E-state index contributed by atoms with van der Waals surface area (Å²) < 4.78 is 18.3. The van der Waals surface area contributed by atoms with Crippen LogP contribution >= 0.6 is 0 Å². The lowest BCUT2D eigenvalue weighted by molar-refractivity contribution is -0.200. The zero-order valence-electron chi connectivity index (χ0n) is 11.1. The average molecular weight is 284 g/mol. The first-order valence-electron chi connectivity index (χ1n) is 6.35. The predicted octanol–water partition coefficient (Wildman–Crippen LogP) is -1.05. The monoisotopic (exact) mass is 284 g/mol. The van der Waals surface area contributed by atoms with Crippen molar-refractivity contribution in [2.75, 3.05) is 6.61 Å². The average Bonchev–Trinajstić information content (AvgIpc) is 2.83. The van der Waals surface area contributed by atoms with Gasteiger partial charge in [-0.3, -0.25) is 14.3 Å². The van der Waals surface area contributed by atoms with Gasteiger partial charge in [-0.05, 0) is 13.8 Å². The zero-order valence-corrected chi connectivity index (χ0v) is 11.1. The van der Waals surface area contributed by atoms with Gasteiger partial charge >= 0.3 is 5.69 Å². The predicted molar refractivity (Wildman–Crippen MR) is 66.1 cm³/mol. The van der Waals surface area contributed by atoms with E-state index in [1.165, 1.54) is 16.8 Å². The summed E-state index contributed by atoms with van der Waals surface area (Å²) in [5.74, 6) is -0.809. The van der Waals surface area contributed by atoms with Gasteiger partial charge in [0.2, 0.25) is 0 Å². The fourth-order valence-electron chi connectivity index (χ4n) is 2.66. The minimum absolute atomic E-state index is 0.241. The Balaban J connectivity index is 1.98. The van der Waals surface area contributed by atoms with Gasteiger partial charge in [-0.2, -0.15) is 0 Å². The van der Waals surface area contributed by atoms with Crippen molar-refractivity contribution in [1.29, 1.82) is 0 Å². The molecule has 0 saturated carbocycles. The van der Waals surface area contributed by atoms with Gasteiger partial charge in [0.05, 0.1) is 6.61 Å². The third-order valence-corrected chi connectivity index (χ3v) is 3.43. The Hall–Kier alpha value is -1.48. The van der Waals surface area contributed by atoms with Crippen molar-refractivity contribution in [1.82, 2.24) is 9.55 Å². The van der Waals surface area contributed by atoms with Gasteiger partial charge in [0.25, 0.3) is 5.56 Å². The molecule has 20 heavy (non-hydrogen) atoms.